The van der Waals surface area contributed by atoms with Crippen LogP contribution in [-0.4, -0.2) is 5.11 Å². The Kier molecular flexibility index (Phi) is 4.77. The van der Waals surface area contributed by atoms with Gasteiger partial charge in [0, 0.05) is 11.1 Å². The van der Waals surface area contributed by atoms with E-state index in [1.165, 1.54) is 5.56 Å². The van der Waals surface area contributed by atoms with E-state index in [9.17, 15) is 5.11 Å². The van der Waals surface area contributed by atoms with Gasteiger partial charge in [0.2, 0.25) is 0 Å². The first-order valence-electron chi connectivity index (χ1n) is 6.48. The lowest BCUT2D eigenvalue weighted by Crippen LogP contribution is -2.02. The molecule has 0 saturated carbocycles. The van der Waals surface area contributed by atoms with E-state index in [1.54, 1.807) is 0 Å². The number of phenolic OH excluding ortho intramolecular Hbond substituents is 1. The van der Waals surface area contributed by atoms with E-state index in [0.717, 1.165) is 28.7 Å². The summed E-state index contributed by atoms with van der Waals surface area (Å²) in [4.78, 5) is 0. The van der Waals surface area contributed by atoms with E-state index in [1.807, 2.05) is 13.0 Å². The first kappa shape index (κ1) is 14.6. The van der Waals surface area contributed by atoms with Gasteiger partial charge in [0.25, 0.3) is 0 Å². The number of phenols is 1. The minimum atomic E-state index is 0.406. The van der Waals surface area contributed by atoms with Gasteiger partial charge in [0.1, 0.15) is 5.75 Å². The summed E-state index contributed by atoms with van der Waals surface area (Å²) in [5.74, 6) is 0.838. The first-order valence-corrected chi connectivity index (χ1v) is 6.48. The highest BCUT2D eigenvalue weighted by atomic mass is 16.3. The Labute approximate surface area is 111 Å². The van der Waals surface area contributed by atoms with E-state index >= 15 is 0 Å². The Morgan fingerprint density at radius 2 is 2.00 bits per heavy atom. The van der Waals surface area contributed by atoms with Crippen LogP contribution in [0.1, 0.15) is 48.9 Å². The molecule has 0 aliphatic carbocycles. The Morgan fingerprint density at radius 1 is 1.39 bits per heavy atom. The number of aromatic hydroxyl groups is 1. The van der Waals surface area contributed by atoms with Gasteiger partial charge in [-0.1, -0.05) is 38.1 Å². The molecule has 0 atom stereocenters. The third-order valence-corrected chi connectivity index (χ3v) is 3.22. The summed E-state index contributed by atoms with van der Waals surface area (Å²) in [7, 11) is 0. The Balaban J connectivity index is 3.44. The summed E-state index contributed by atoms with van der Waals surface area (Å²) in [6.45, 7) is 16.1. The van der Waals surface area contributed by atoms with Crippen LogP contribution in [0.2, 0.25) is 0 Å². The lowest BCUT2D eigenvalue weighted by atomic mass is 9.88. The fourth-order valence-electron chi connectivity index (χ4n) is 2.31. The normalized spacial score (nSPS) is 10.7. The van der Waals surface area contributed by atoms with Gasteiger partial charge in [-0.3, -0.25) is 0 Å². The summed E-state index contributed by atoms with van der Waals surface area (Å²) in [5, 5.41) is 10.5. The van der Waals surface area contributed by atoms with Crippen LogP contribution in [0.25, 0.3) is 0 Å². The molecule has 1 aromatic carbocycles. The second kappa shape index (κ2) is 5.90. The van der Waals surface area contributed by atoms with Crippen LogP contribution in [0.4, 0.5) is 0 Å². The fourth-order valence-corrected chi connectivity index (χ4v) is 2.31. The van der Waals surface area contributed by atoms with Crippen LogP contribution in [0.5, 0.6) is 5.75 Å². The molecule has 0 spiro atoms. The number of aryl methyl sites for hydroxylation is 1. The predicted molar refractivity (Wildman–Crippen MR) is 79.4 cm³/mol. The van der Waals surface area contributed by atoms with E-state index in [4.69, 9.17) is 0 Å². The third kappa shape index (κ3) is 3.04. The second-order valence-corrected chi connectivity index (χ2v) is 5.37. The van der Waals surface area contributed by atoms with Gasteiger partial charge in [0.05, 0.1) is 0 Å². The summed E-state index contributed by atoms with van der Waals surface area (Å²) >= 11 is 0. The number of allylic oxidation sites excluding steroid dienone is 2. The quantitative estimate of drug-likeness (QED) is 0.746. The summed E-state index contributed by atoms with van der Waals surface area (Å²) in [6, 6.07) is 2.20. The number of rotatable bonds is 5. The molecule has 0 amide bonds. The highest BCUT2D eigenvalue weighted by Gasteiger charge is 2.16. The molecule has 0 aromatic heterocycles. The largest absolute Gasteiger partial charge is 0.507 e. The van der Waals surface area contributed by atoms with Gasteiger partial charge in [-0.15, -0.1) is 6.58 Å². The molecule has 0 bridgehead atoms. The van der Waals surface area contributed by atoms with Gasteiger partial charge in [-0.25, -0.2) is 0 Å². The van der Waals surface area contributed by atoms with Gasteiger partial charge >= 0.3 is 0 Å². The molecule has 1 heteroatoms. The molecule has 18 heavy (non-hydrogen) atoms. The molecule has 1 aromatic rings. The minimum absolute atomic E-state index is 0.406. The Morgan fingerprint density at radius 3 is 2.44 bits per heavy atom. The van der Waals surface area contributed by atoms with Crippen LogP contribution in [-0.2, 0) is 12.8 Å². The van der Waals surface area contributed by atoms with Crippen molar-refractivity contribution in [2.75, 3.05) is 0 Å². The maximum absolute atomic E-state index is 10.5. The number of benzene rings is 1. The first-order chi connectivity index (χ1) is 8.38. The second-order valence-electron chi connectivity index (χ2n) is 5.37. The third-order valence-electron chi connectivity index (χ3n) is 3.22. The average Bonchev–Trinajstić information content (AvgIpc) is 2.27. The topological polar surface area (TPSA) is 20.2 Å². The van der Waals surface area contributed by atoms with Gasteiger partial charge < -0.3 is 5.11 Å². The van der Waals surface area contributed by atoms with Crippen molar-refractivity contribution in [2.24, 2.45) is 0 Å². The zero-order valence-electron chi connectivity index (χ0n) is 12.0. The van der Waals surface area contributed by atoms with Crippen molar-refractivity contribution < 1.29 is 5.11 Å². The van der Waals surface area contributed by atoms with Crippen LogP contribution >= 0.6 is 0 Å². The van der Waals surface area contributed by atoms with Gasteiger partial charge in [-0.05, 0) is 43.7 Å². The molecule has 1 N–H and O–H groups in total. The maximum Gasteiger partial charge on any atom is 0.123 e. The smallest absolute Gasteiger partial charge is 0.123 e. The SMILES string of the molecule is C=CCc1c(C(C)C)cc(C)c(CC(=C)C)c1O. The van der Waals surface area contributed by atoms with Crippen molar-refractivity contribution in [1.82, 2.24) is 0 Å². The van der Waals surface area contributed by atoms with Crippen molar-refractivity contribution >= 4 is 0 Å². The van der Waals surface area contributed by atoms with Crippen molar-refractivity contribution in [3.05, 3.63) is 53.1 Å². The summed E-state index contributed by atoms with van der Waals surface area (Å²) in [5.41, 5.74) is 5.45. The van der Waals surface area contributed by atoms with Crippen molar-refractivity contribution in [3.8, 4) is 5.75 Å². The zero-order chi connectivity index (χ0) is 13.9. The van der Waals surface area contributed by atoms with E-state index in [0.29, 0.717) is 18.1 Å². The lowest BCUT2D eigenvalue weighted by Gasteiger charge is -2.19. The van der Waals surface area contributed by atoms with Gasteiger partial charge in [-0.2, -0.15) is 0 Å². The molecule has 0 unspecified atom stereocenters. The average molecular weight is 244 g/mol. The van der Waals surface area contributed by atoms with Crippen molar-refractivity contribution in [3.63, 3.8) is 0 Å². The molecule has 0 heterocycles. The Hall–Kier alpha value is -1.50. The molecule has 98 valence electrons. The van der Waals surface area contributed by atoms with Gasteiger partial charge in [0.15, 0.2) is 0 Å². The maximum atomic E-state index is 10.5. The van der Waals surface area contributed by atoms with Crippen LogP contribution in [0, 0.1) is 6.92 Å². The highest BCUT2D eigenvalue weighted by Crippen LogP contribution is 2.34. The molecule has 0 aliphatic rings. The summed E-state index contributed by atoms with van der Waals surface area (Å²) < 4.78 is 0. The lowest BCUT2D eigenvalue weighted by molar-refractivity contribution is 0.461. The summed E-state index contributed by atoms with van der Waals surface area (Å²) in [6.07, 6.45) is 3.30. The highest BCUT2D eigenvalue weighted by molar-refractivity contribution is 5.52. The fraction of sp³-hybridized carbons (Fsp3) is 0.412. The Bertz CT molecular complexity index is 467. The van der Waals surface area contributed by atoms with E-state index in [-0.39, 0.29) is 0 Å². The molecule has 0 aliphatic heterocycles. The van der Waals surface area contributed by atoms with Crippen LogP contribution in [0.3, 0.4) is 0 Å². The van der Waals surface area contributed by atoms with E-state index < -0.39 is 0 Å². The molecule has 1 rings (SSSR count). The molecule has 0 radical (unpaired) electrons. The van der Waals surface area contributed by atoms with E-state index in [2.05, 4.69) is 40.0 Å². The number of hydrogen-bond donors (Lipinski definition) is 1. The molecular weight excluding hydrogens is 220 g/mol. The van der Waals surface area contributed by atoms with Crippen LogP contribution in [0.15, 0.2) is 30.9 Å². The predicted octanol–water partition coefficient (Wildman–Crippen LogP) is 4.67. The minimum Gasteiger partial charge on any atom is -0.507 e. The molecule has 0 fully saturated rings. The molecule has 0 saturated heterocycles. The number of hydrogen-bond acceptors (Lipinski definition) is 1. The molecule has 1 nitrogen and oxygen atoms in total. The zero-order valence-corrected chi connectivity index (χ0v) is 12.0. The van der Waals surface area contributed by atoms with Crippen molar-refractivity contribution in [2.45, 2.75) is 46.5 Å². The van der Waals surface area contributed by atoms with Crippen molar-refractivity contribution in [1.29, 1.82) is 0 Å². The van der Waals surface area contributed by atoms with Crippen LogP contribution < -0.4 is 0 Å². The monoisotopic (exact) mass is 244 g/mol. The molecular formula is C17H24O. The standard InChI is InChI=1S/C17H24O/c1-7-8-14-15(12(4)5)10-13(6)16(17(14)18)9-11(2)3/h7,10,12,18H,1-2,8-9H2,3-6H3.